The standard InChI is InChI=1S/C15H18O2.C2H7N/c1-12(8-9-15(16)17)10-13(2)11-14-6-4-3-5-7-14;1-3-2/h3-10,13H,11H2,1-2H3,(H,16,17);3H,1-2H3. The van der Waals surface area contributed by atoms with E-state index in [1.165, 1.54) is 11.6 Å². The number of hydrogen-bond donors (Lipinski definition) is 2. The summed E-state index contributed by atoms with van der Waals surface area (Å²) in [5, 5.41) is 11.3. The molecule has 1 atom stereocenters. The Morgan fingerprint density at radius 2 is 1.80 bits per heavy atom. The molecule has 0 saturated heterocycles. The second kappa shape index (κ2) is 11.0. The van der Waals surface area contributed by atoms with Crippen LogP contribution >= 0.6 is 0 Å². The number of hydrogen-bond acceptors (Lipinski definition) is 2. The Bertz CT molecular complexity index is 436. The number of nitrogens with one attached hydrogen (secondary N) is 1. The Hall–Kier alpha value is -1.87. The fourth-order valence-corrected chi connectivity index (χ4v) is 1.75. The zero-order valence-corrected chi connectivity index (χ0v) is 12.8. The van der Waals surface area contributed by atoms with Crippen molar-refractivity contribution in [2.75, 3.05) is 14.1 Å². The topological polar surface area (TPSA) is 49.3 Å². The lowest BCUT2D eigenvalue weighted by Crippen LogP contribution is -1.96. The van der Waals surface area contributed by atoms with Gasteiger partial charge < -0.3 is 10.4 Å². The highest BCUT2D eigenvalue weighted by molar-refractivity contribution is 5.80. The maximum absolute atomic E-state index is 10.4. The largest absolute Gasteiger partial charge is 0.478 e. The van der Waals surface area contributed by atoms with Gasteiger partial charge in [-0.1, -0.05) is 55.0 Å². The molecule has 110 valence electrons. The molecule has 0 saturated carbocycles. The smallest absolute Gasteiger partial charge is 0.328 e. The zero-order valence-electron chi connectivity index (χ0n) is 12.8. The summed E-state index contributed by atoms with van der Waals surface area (Å²) in [7, 11) is 3.75. The summed E-state index contributed by atoms with van der Waals surface area (Å²) in [5.74, 6) is -0.510. The van der Waals surface area contributed by atoms with E-state index in [-0.39, 0.29) is 0 Å². The number of aliphatic carboxylic acids is 1. The van der Waals surface area contributed by atoms with Crippen molar-refractivity contribution in [2.24, 2.45) is 5.92 Å². The van der Waals surface area contributed by atoms with E-state index in [2.05, 4.69) is 30.4 Å². The molecule has 0 bridgehead atoms. The molecule has 0 amide bonds. The van der Waals surface area contributed by atoms with Crippen LogP contribution in [0.5, 0.6) is 0 Å². The van der Waals surface area contributed by atoms with Gasteiger partial charge >= 0.3 is 5.97 Å². The van der Waals surface area contributed by atoms with Crippen LogP contribution in [0.15, 0.2) is 54.1 Å². The monoisotopic (exact) mass is 275 g/mol. The van der Waals surface area contributed by atoms with Crippen LogP contribution in [0.4, 0.5) is 0 Å². The van der Waals surface area contributed by atoms with E-state index >= 15 is 0 Å². The van der Waals surface area contributed by atoms with Crippen LogP contribution in [0.3, 0.4) is 0 Å². The fourth-order valence-electron chi connectivity index (χ4n) is 1.75. The summed E-state index contributed by atoms with van der Waals surface area (Å²) in [6.45, 7) is 4.05. The minimum Gasteiger partial charge on any atom is -0.478 e. The summed E-state index contributed by atoms with van der Waals surface area (Å²) in [5.41, 5.74) is 2.28. The third-order valence-corrected chi connectivity index (χ3v) is 2.44. The second-order valence-corrected chi connectivity index (χ2v) is 4.75. The van der Waals surface area contributed by atoms with E-state index in [0.717, 1.165) is 12.0 Å². The molecule has 20 heavy (non-hydrogen) atoms. The molecule has 1 aromatic carbocycles. The lowest BCUT2D eigenvalue weighted by molar-refractivity contribution is -0.131. The molecule has 0 heterocycles. The molecule has 2 N–H and O–H groups in total. The van der Waals surface area contributed by atoms with Crippen molar-refractivity contribution in [3.05, 3.63) is 59.7 Å². The predicted molar refractivity (Wildman–Crippen MR) is 84.8 cm³/mol. The number of benzene rings is 1. The molecule has 3 heteroatoms. The molecule has 0 spiro atoms. The molecule has 1 rings (SSSR count). The zero-order chi connectivity index (χ0) is 15.4. The van der Waals surface area contributed by atoms with Gasteiger partial charge in [-0.05, 0) is 38.9 Å². The predicted octanol–water partition coefficient (Wildman–Crippen LogP) is 3.29. The maximum atomic E-state index is 10.4. The SMILES string of the molecule is CC(C=CC(=O)O)=CC(C)Cc1ccccc1.CNC. The number of rotatable bonds is 5. The van der Waals surface area contributed by atoms with Gasteiger partial charge in [0.1, 0.15) is 0 Å². The molecule has 0 aliphatic carbocycles. The van der Waals surface area contributed by atoms with E-state index < -0.39 is 5.97 Å². The highest BCUT2D eigenvalue weighted by Gasteiger charge is 2.00. The van der Waals surface area contributed by atoms with Crippen LogP contribution in [0.2, 0.25) is 0 Å². The first kappa shape index (κ1) is 18.1. The third-order valence-electron chi connectivity index (χ3n) is 2.44. The molecule has 0 radical (unpaired) electrons. The van der Waals surface area contributed by atoms with E-state index in [1.54, 1.807) is 6.08 Å². The normalized spacial score (nSPS) is 12.7. The molecule has 0 aromatic heterocycles. The average Bonchev–Trinajstić information content (AvgIpc) is 2.38. The minimum atomic E-state index is -0.909. The summed E-state index contributed by atoms with van der Waals surface area (Å²) >= 11 is 0. The van der Waals surface area contributed by atoms with Gasteiger partial charge in [0, 0.05) is 6.08 Å². The first-order chi connectivity index (χ1) is 9.49. The molecular formula is C17H25NO2. The van der Waals surface area contributed by atoms with Gasteiger partial charge in [-0.2, -0.15) is 0 Å². The summed E-state index contributed by atoms with van der Waals surface area (Å²) in [4.78, 5) is 10.4. The Morgan fingerprint density at radius 3 is 2.30 bits per heavy atom. The van der Waals surface area contributed by atoms with Crippen LogP contribution < -0.4 is 5.32 Å². The van der Waals surface area contributed by atoms with Crippen molar-refractivity contribution in [1.29, 1.82) is 0 Å². The van der Waals surface area contributed by atoms with Gasteiger partial charge in [0.2, 0.25) is 0 Å². The Balaban J connectivity index is 0.00000110. The van der Waals surface area contributed by atoms with Crippen LogP contribution in [0.1, 0.15) is 19.4 Å². The van der Waals surface area contributed by atoms with Crippen molar-refractivity contribution in [3.63, 3.8) is 0 Å². The summed E-state index contributed by atoms with van der Waals surface area (Å²) in [6, 6.07) is 10.3. The van der Waals surface area contributed by atoms with Crippen molar-refractivity contribution < 1.29 is 9.90 Å². The van der Waals surface area contributed by atoms with Crippen molar-refractivity contribution in [3.8, 4) is 0 Å². The third kappa shape index (κ3) is 10.1. The van der Waals surface area contributed by atoms with Gasteiger partial charge in [0.05, 0.1) is 0 Å². The molecule has 1 unspecified atom stereocenters. The lowest BCUT2D eigenvalue weighted by Gasteiger charge is -2.07. The average molecular weight is 275 g/mol. The lowest BCUT2D eigenvalue weighted by atomic mass is 9.99. The number of carboxylic acids is 1. The van der Waals surface area contributed by atoms with Gasteiger partial charge in [0.15, 0.2) is 0 Å². The van der Waals surface area contributed by atoms with E-state index in [4.69, 9.17) is 5.11 Å². The van der Waals surface area contributed by atoms with Gasteiger partial charge in [-0.3, -0.25) is 0 Å². The summed E-state index contributed by atoms with van der Waals surface area (Å²) in [6.07, 6.45) is 5.86. The molecule has 0 aliphatic heterocycles. The summed E-state index contributed by atoms with van der Waals surface area (Å²) < 4.78 is 0. The Kier molecular flexibility index (Phi) is 9.97. The van der Waals surface area contributed by atoms with Crippen molar-refractivity contribution >= 4 is 5.97 Å². The number of allylic oxidation sites excluding steroid dienone is 3. The van der Waals surface area contributed by atoms with Crippen molar-refractivity contribution in [1.82, 2.24) is 5.32 Å². The fraction of sp³-hybridized carbons (Fsp3) is 0.353. The Labute approximate surface area is 122 Å². The van der Waals surface area contributed by atoms with Crippen LogP contribution in [-0.4, -0.2) is 25.2 Å². The molecule has 1 aromatic rings. The van der Waals surface area contributed by atoms with E-state index in [9.17, 15) is 4.79 Å². The maximum Gasteiger partial charge on any atom is 0.328 e. The quantitative estimate of drug-likeness (QED) is 0.640. The highest BCUT2D eigenvalue weighted by atomic mass is 16.4. The van der Waals surface area contributed by atoms with Crippen LogP contribution in [0.25, 0.3) is 0 Å². The first-order valence-electron chi connectivity index (χ1n) is 6.71. The molecule has 0 fully saturated rings. The Morgan fingerprint density at radius 1 is 1.25 bits per heavy atom. The number of carbonyl (C=O) groups is 1. The molecular weight excluding hydrogens is 250 g/mol. The molecule has 3 nitrogen and oxygen atoms in total. The van der Waals surface area contributed by atoms with Crippen LogP contribution in [0, 0.1) is 5.92 Å². The van der Waals surface area contributed by atoms with Gasteiger partial charge in [-0.15, -0.1) is 0 Å². The van der Waals surface area contributed by atoms with Gasteiger partial charge in [0.25, 0.3) is 0 Å². The molecule has 0 aliphatic rings. The van der Waals surface area contributed by atoms with Gasteiger partial charge in [-0.25, -0.2) is 4.79 Å². The van der Waals surface area contributed by atoms with E-state index in [1.807, 2.05) is 39.2 Å². The van der Waals surface area contributed by atoms with Crippen molar-refractivity contribution in [2.45, 2.75) is 20.3 Å². The second-order valence-electron chi connectivity index (χ2n) is 4.75. The highest BCUT2D eigenvalue weighted by Crippen LogP contribution is 2.11. The number of carboxylic acid groups (broad SMARTS) is 1. The minimum absolute atomic E-state index is 0.399. The van der Waals surface area contributed by atoms with Crippen LogP contribution in [-0.2, 0) is 11.2 Å². The first-order valence-corrected chi connectivity index (χ1v) is 6.71. The van der Waals surface area contributed by atoms with E-state index in [0.29, 0.717) is 5.92 Å².